The standard InChI is InChI=1S/C17H24N2O5/c1-23-14-4-2-13(3-5-14)17(7-10-24-11-8-17)12-19-16(22)18-9-6-15(20)21/h2-5H,6-12H2,1H3,(H,20,21)(H2,18,19,22). The van der Waals surface area contributed by atoms with E-state index in [1.165, 1.54) is 0 Å². The van der Waals surface area contributed by atoms with Crippen LogP contribution in [0, 0.1) is 0 Å². The lowest BCUT2D eigenvalue weighted by atomic mass is 9.74. The SMILES string of the molecule is COc1ccc(C2(CNC(=O)NCCC(=O)O)CCOCC2)cc1. The lowest BCUT2D eigenvalue weighted by molar-refractivity contribution is -0.136. The summed E-state index contributed by atoms with van der Waals surface area (Å²) in [5, 5.41) is 14.0. The molecule has 1 aromatic rings. The van der Waals surface area contributed by atoms with Gasteiger partial charge in [0.2, 0.25) is 0 Å². The summed E-state index contributed by atoms with van der Waals surface area (Å²) >= 11 is 0. The van der Waals surface area contributed by atoms with Gasteiger partial charge in [-0.25, -0.2) is 4.79 Å². The van der Waals surface area contributed by atoms with Gasteiger partial charge in [-0.3, -0.25) is 4.79 Å². The molecule has 1 heterocycles. The fourth-order valence-corrected chi connectivity index (χ4v) is 2.87. The Bertz CT molecular complexity index is 553. The van der Waals surface area contributed by atoms with Crippen LogP contribution in [0.3, 0.4) is 0 Å². The minimum Gasteiger partial charge on any atom is -0.497 e. The quantitative estimate of drug-likeness (QED) is 0.701. The van der Waals surface area contributed by atoms with Crippen LogP contribution in [-0.2, 0) is 14.9 Å². The smallest absolute Gasteiger partial charge is 0.314 e. The zero-order chi connectivity index (χ0) is 17.4. The number of hydrogen-bond donors (Lipinski definition) is 3. The molecule has 0 aromatic heterocycles. The number of nitrogens with one attached hydrogen (secondary N) is 2. The number of rotatable bonds is 7. The summed E-state index contributed by atoms with van der Waals surface area (Å²) in [5.74, 6) is -0.144. The van der Waals surface area contributed by atoms with Crippen LogP contribution in [0.5, 0.6) is 5.75 Å². The maximum atomic E-state index is 11.9. The number of carbonyl (C=O) groups excluding carboxylic acids is 1. The topological polar surface area (TPSA) is 96.9 Å². The highest BCUT2D eigenvalue weighted by Crippen LogP contribution is 2.35. The van der Waals surface area contributed by atoms with Gasteiger partial charge in [0.05, 0.1) is 13.5 Å². The van der Waals surface area contributed by atoms with Crippen LogP contribution in [0.25, 0.3) is 0 Å². The van der Waals surface area contributed by atoms with Crippen LogP contribution in [0.4, 0.5) is 4.79 Å². The molecule has 0 bridgehead atoms. The highest BCUT2D eigenvalue weighted by Gasteiger charge is 2.34. The van der Waals surface area contributed by atoms with Crippen LogP contribution in [0.15, 0.2) is 24.3 Å². The van der Waals surface area contributed by atoms with Crippen LogP contribution >= 0.6 is 0 Å². The average Bonchev–Trinajstić information content (AvgIpc) is 2.60. The second-order valence-corrected chi connectivity index (χ2v) is 5.87. The summed E-state index contributed by atoms with van der Waals surface area (Å²) in [6, 6.07) is 7.53. The lowest BCUT2D eigenvalue weighted by Gasteiger charge is -2.38. The van der Waals surface area contributed by atoms with Gasteiger partial charge in [-0.05, 0) is 30.5 Å². The van der Waals surface area contributed by atoms with Crippen LogP contribution in [0.2, 0.25) is 0 Å². The number of benzene rings is 1. The molecule has 2 rings (SSSR count). The Labute approximate surface area is 141 Å². The van der Waals surface area contributed by atoms with E-state index in [0.29, 0.717) is 19.8 Å². The van der Waals surface area contributed by atoms with Crippen molar-refractivity contribution in [2.45, 2.75) is 24.7 Å². The molecule has 1 fully saturated rings. The lowest BCUT2D eigenvalue weighted by Crippen LogP contribution is -2.47. The van der Waals surface area contributed by atoms with Crippen molar-refractivity contribution in [1.82, 2.24) is 10.6 Å². The molecule has 3 N–H and O–H groups in total. The van der Waals surface area contributed by atoms with Gasteiger partial charge in [0, 0.05) is 31.7 Å². The summed E-state index contributed by atoms with van der Waals surface area (Å²) in [7, 11) is 1.63. The normalized spacial score (nSPS) is 16.2. The van der Waals surface area contributed by atoms with Gasteiger partial charge >= 0.3 is 12.0 Å². The van der Waals surface area contributed by atoms with E-state index in [-0.39, 0.29) is 24.4 Å². The maximum absolute atomic E-state index is 11.9. The van der Waals surface area contributed by atoms with E-state index >= 15 is 0 Å². The molecule has 24 heavy (non-hydrogen) atoms. The minimum absolute atomic E-state index is 0.0924. The molecule has 0 saturated carbocycles. The van der Waals surface area contributed by atoms with E-state index in [9.17, 15) is 9.59 Å². The molecule has 0 atom stereocenters. The minimum atomic E-state index is -0.936. The van der Waals surface area contributed by atoms with Crippen molar-refractivity contribution in [3.8, 4) is 5.75 Å². The van der Waals surface area contributed by atoms with E-state index in [1.54, 1.807) is 7.11 Å². The van der Waals surface area contributed by atoms with Crippen molar-refractivity contribution in [1.29, 1.82) is 0 Å². The molecule has 7 nitrogen and oxygen atoms in total. The van der Waals surface area contributed by atoms with Crippen LogP contribution in [-0.4, -0.2) is 50.5 Å². The number of urea groups is 1. The summed E-state index contributed by atoms with van der Waals surface area (Å²) in [4.78, 5) is 22.4. The highest BCUT2D eigenvalue weighted by molar-refractivity contribution is 5.75. The first-order chi connectivity index (χ1) is 11.6. The van der Waals surface area contributed by atoms with E-state index < -0.39 is 5.97 Å². The van der Waals surface area contributed by atoms with E-state index in [0.717, 1.165) is 24.2 Å². The molecule has 7 heteroatoms. The third-order valence-electron chi connectivity index (χ3n) is 4.36. The predicted molar refractivity (Wildman–Crippen MR) is 88.4 cm³/mol. The van der Waals surface area contributed by atoms with Crippen molar-refractivity contribution >= 4 is 12.0 Å². The molecule has 0 spiro atoms. The molecule has 0 radical (unpaired) electrons. The van der Waals surface area contributed by atoms with Crippen LogP contribution in [0.1, 0.15) is 24.8 Å². The highest BCUT2D eigenvalue weighted by atomic mass is 16.5. The zero-order valence-corrected chi connectivity index (χ0v) is 13.8. The zero-order valence-electron chi connectivity index (χ0n) is 13.8. The summed E-state index contributed by atoms with van der Waals surface area (Å²) in [5.41, 5.74) is 0.951. The van der Waals surface area contributed by atoms with E-state index in [2.05, 4.69) is 10.6 Å². The number of carbonyl (C=O) groups is 2. The first-order valence-corrected chi connectivity index (χ1v) is 8.01. The van der Waals surface area contributed by atoms with Crippen molar-refractivity contribution in [2.75, 3.05) is 33.4 Å². The van der Waals surface area contributed by atoms with Crippen molar-refractivity contribution in [3.05, 3.63) is 29.8 Å². The number of carboxylic acid groups (broad SMARTS) is 1. The maximum Gasteiger partial charge on any atom is 0.314 e. The summed E-state index contributed by atoms with van der Waals surface area (Å²) in [6.07, 6.45) is 1.54. The number of carboxylic acids is 1. The fraction of sp³-hybridized carbons (Fsp3) is 0.529. The van der Waals surface area contributed by atoms with Crippen molar-refractivity contribution in [2.24, 2.45) is 0 Å². The Morgan fingerprint density at radius 3 is 2.46 bits per heavy atom. The Balaban J connectivity index is 1.99. The molecule has 132 valence electrons. The molecule has 1 aliphatic heterocycles. The molecular weight excluding hydrogens is 312 g/mol. The molecule has 1 aromatic carbocycles. The first-order valence-electron chi connectivity index (χ1n) is 8.01. The van der Waals surface area contributed by atoms with Crippen molar-refractivity contribution in [3.63, 3.8) is 0 Å². The Morgan fingerprint density at radius 1 is 1.21 bits per heavy atom. The Hall–Kier alpha value is -2.28. The third kappa shape index (κ3) is 4.86. The van der Waals surface area contributed by atoms with Crippen molar-refractivity contribution < 1.29 is 24.2 Å². The van der Waals surface area contributed by atoms with Gasteiger partial charge in [-0.15, -0.1) is 0 Å². The first kappa shape index (κ1) is 18.1. The van der Waals surface area contributed by atoms with Gasteiger partial charge < -0.3 is 25.2 Å². The molecule has 1 aliphatic rings. The van der Waals surface area contributed by atoms with Gasteiger partial charge in [0.25, 0.3) is 0 Å². The summed E-state index contributed by atoms with van der Waals surface area (Å²) in [6.45, 7) is 1.88. The monoisotopic (exact) mass is 336 g/mol. The molecule has 0 aliphatic carbocycles. The molecule has 2 amide bonds. The molecule has 0 unspecified atom stereocenters. The number of hydrogen-bond acceptors (Lipinski definition) is 4. The number of amides is 2. The average molecular weight is 336 g/mol. The number of ether oxygens (including phenoxy) is 2. The second-order valence-electron chi connectivity index (χ2n) is 5.87. The van der Waals surface area contributed by atoms with Gasteiger partial charge in [0.15, 0.2) is 0 Å². The van der Waals surface area contributed by atoms with Gasteiger partial charge in [-0.2, -0.15) is 0 Å². The summed E-state index contributed by atoms with van der Waals surface area (Å²) < 4.78 is 10.7. The third-order valence-corrected chi connectivity index (χ3v) is 4.36. The van der Waals surface area contributed by atoms with Gasteiger partial charge in [-0.1, -0.05) is 12.1 Å². The Morgan fingerprint density at radius 2 is 1.88 bits per heavy atom. The van der Waals surface area contributed by atoms with Gasteiger partial charge in [0.1, 0.15) is 5.75 Å². The number of aliphatic carboxylic acids is 1. The van der Waals surface area contributed by atoms with E-state index in [1.807, 2.05) is 24.3 Å². The number of methoxy groups -OCH3 is 1. The largest absolute Gasteiger partial charge is 0.497 e. The van der Waals surface area contributed by atoms with Crippen LogP contribution < -0.4 is 15.4 Å². The van der Waals surface area contributed by atoms with E-state index in [4.69, 9.17) is 14.6 Å². The fourth-order valence-electron chi connectivity index (χ4n) is 2.87. The molecular formula is C17H24N2O5. The Kier molecular flexibility index (Phi) is 6.43. The molecule has 1 saturated heterocycles. The second kappa shape index (κ2) is 8.54. The predicted octanol–water partition coefficient (Wildman–Crippen LogP) is 1.52.